The molecule has 1 fully saturated rings. The van der Waals surface area contributed by atoms with Crippen molar-refractivity contribution in [1.29, 1.82) is 0 Å². The van der Waals surface area contributed by atoms with E-state index in [0.29, 0.717) is 17.9 Å². The van der Waals surface area contributed by atoms with Crippen molar-refractivity contribution in [3.63, 3.8) is 0 Å². The van der Waals surface area contributed by atoms with Crippen LogP contribution in [0.2, 0.25) is 0 Å². The summed E-state index contributed by atoms with van der Waals surface area (Å²) in [5.74, 6) is -1.02. The maximum absolute atomic E-state index is 12.4. The lowest BCUT2D eigenvalue weighted by Gasteiger charge is -2.25. The number of rotatable bonds is 5. The van der Waals surface area contributed by atoms with Crippen molar-refractivity contribution >= 4 is 29.2 Å². The third-order valence-corrected chi connectivity index (χ3v) is 5.15. The monoisotopic (exact) mass is 375 g/mol. The molecule has 0 spiro atoms. The number of benzene rings is 1. The highest BCUT2D eigenvalue weighted by Gasteiger charge is 2.47. The first-order chi connectivity index (χ1) is 12.7. The van der Waals surface area contributed by atoms with Crippen LogP contribution in [0, 0.1) is 10.1 Å². The predicted molar refractivity (Wildman–Crippen MR) is 95.8 cm³/mol. The van der Waals surface area contributed by atoms with Crippen LogP contribution in [-0.4, -0.2) is 45.9 Å². The van der Waals surface area contributed by atoms with Gasteiger partial charge in [0.2, 0.25) is 0 Å². The normalized spacial score (nSPS) is 24.0. The fourth-order valence-corrected chi connectivity index (χ4v) is 3.38. The fourth-order valence-electron chi connectivity index (χ4n) is 3.38. The maximum atomic E-state index is 12.4. The first-order valence-corrected chi connectivity index (χ1v) is 8.66. The Bertz CT molecular complexity index is 841. The Morgan fingerprint density at radius 2 is 2.15 bits per heavy atom. The molecule has 0 saturated carbocycles. The number of nitrogens with zero attached hydrogens (tertiary/aromatic N) is 3. The van der Waals surface area contributed by atoms with E-state index in [2.05, 4.69) is 10.7 Å². The van der Waals surface area contributed by atoms with Crippen LogP contribution in [0.25, 0.3) is 0 Å². The predicted octanol–water partition coefficient (Wildman–Crippen LogP) is 1.10. The van der Waals surface area contributed by atoms with Crippen LogP contribution in [0.15, 0.2) is 18.2 Å². The van der Waals surface area contributed by atoms with Crippen LogP contribution in [0.4, 0.5) is 16.2 Å². The molecule has 2 heterocycles. The van der Waals surface area contributed by atoms with Crippen LogP contribution in [0.1, 0.15) is 32.8 Å². The number of nitrogens with one attached hydrogen (secondary N) is 2. The molecular formula is C17H21N5O5. The Morgan fingerprint density at radius 1 is 1.44 bits per heavy atom. The summed E-state index contributed by atoms with van der Waals surface area (Å²) >= 11 is 0. The first kappa shape index (κ1) is 18.6. The highest BCUT2D eigenvalue weighted by Crippen LogP contribution is 2.34. The lowest BCUT2D eigenvalue weighted by Crippen LogP contribution is -2.51. The quantitative estimate of drug-likeness (QED) is 0.451. The third-order valence-electron chi connectivity index (χ3n) is 5.15. The van der Waals surface area contributed by atoms with Gasteiger partial charge in [-0.3, -0.25) is 25.1 Å². The van der Waals surface area contributed by atoms with Crippen molar-refractivity contribution in [3.8, 4) is 0 Å². The molecule has 0 aliphatic carbocycles. The topological polar surface area (TPSA) is 125 Å². The number of hydrogen-bond donors (Lipinski definition) is 2. The Balaban J connectivity index is 1.72. The molecule has 2 unspecified atom stereocenters. The molecule has 10 heteroatoms. The van der Waals surface area contributed by atoms with Gasteiger partial charge in [0.05, 0.1) is 11.5 Å². The van der Waals surface area contributed by atoms with E-state index < -0.39 is 28.3 Å². The highest BCUT2D eigenvalue weighted by molar-refractivity contribution is 6.07. The van der Waals surface area contributed by atoms with Crippen LogP contribution in [0.5, 0.6) is 0 Å². The molecule has 2 N–H and O–H groups in total. The van der Waals surface area contributed by atoms with Gasteiger partial charge in [-0.2, -0.15) is 5.01 Å². The number of imide groups is 1. The molecule has 4 amide bonds. The first-order valence-electron chi connectivity index (χ1n) is 8.66. The Morgan fingerprint density at radius 3 is 2.74 bits per heavy atom. The van der Waals surface area contributed by atoms with Gasteiger partial charge in [0.15, 0.2) is 0 Å². The lowest BCUT2D eigenvalue weighted by atomic mass is 10.00. The van der Waals surface area contributed by atoms with Crippen molar-refractivity contribution in [2.45, 2.75) is 45.2 Å². The molecule has 0 aromatic heterocycles. The van der Waals surface area contributed by atoms with Gasteiger partial charge in [0, 0.05) is 23.9 Å². The van der Waals surface area contributed by atoms with Crippen molar-refractivity contribution in [1.82, 2.24) is 15.8 Å². The molecule has 1 saturated heterocycles. The van der Waals surface area contributed by atoms with Crippen molar-refractivity contribution in [2.75, 3.05) is 11.4 Å². The zero-order valence-corrected chi connectivity index (χ0v) is 15.3. The number of non-ortho nitro benzene ring substituents is 1. The summed E-state index contributed by atoms with van der Waals surface area (Å²) in [5.41, 5.74) is 2.86. The Hall–Kier alpha value is -3.17. The molecule has 1 aromatic rings. The van der Waals surface area contributed by atoms with Gasteiger partial charge in [0.25, 0.3) is 17.5 Å². The summed E-state index contributed by atoms with van der Waals surface area (Å²) in [5, 5.41) is 14.2. The minimum atomic E-state index is -1.03. The van der Waals surface area contributed by atoms with Gasteiger partial charge in [-0.1, -0.05) is 6.92 Å². The van der Waals surface area contributed by atoms with Gasteiger partial charge < -0.3 is 10.2 Å². The van der Waals surface area contributed by atoms with Gasteiger partial charge in [-0.15, -0.1) is 0 Å². The summed E-state index contributed by atoms with van der Waals surface area (Å²) in [6.07, 6.45) is 0.973. The van der Waals surface area contributed by atoms with E-state index in [1.54, 1.807) is 24.8 Å². The molecule has 2 aliphatic rings. The second-order valence-corrected chi connectivity index (χ2v) is 7.04. The standard InChI is InChI=1S/C17H21N5O5/c1-4-17(3)15(24)21(16(25)18-17)19-14(23)9-20-10(2)7-11-8-12(22(26)27)5-6-13(11)20/h5-6,8,10H,4,7,9H2,1-3H3,(H,18,25)(H,19,23). The van der Waals surface area contributed by atoms with Gasteiger partial charge in [0.1, 0.15) is 5.54 Å². The number of carbonyl (C=O) groups is 3. The van der Waals surface area contributed by atoms with E-state index in [1.807, 2.05) is 6.92 Å². The summed E-state index contributed by atoms with van der Waals surface area (Å²) in [6, 6.07) is 3.81. The smallest absolute Gasteiger partial charge is 0.344 e. The summed E-state index contributed by atoms with van der Waals surface area (Å²) < 4.78 is 0. The summed E-state index contributed by atoms with van der Waals surface area (Å²) in [4.78, 5) is 49.1. The number of amides is 4. The van der Waals surface area contributed by atoms with Crippen LogP contribution in [0.3, 0.4) is 0 Å². The third kappa shape index (κ3) is 3.18. The molecule has 144 valence electrons. The van der Waals surface area contributed by atoms with Gasteiger partial charge in [-0.05, 0) is 38.3 Å². The number of nitro groups is 1. The van der Waals surface area contributed by atoms with E-state index in [1.165, 1.54) is 12.1 Å². The summed E-state index contributed by atoms with van der Waals surface area (Å²) in [7, 11) is 0. The molecule has 1 aromatic carbocycles. The van der Waals surface area contributed by atoms with E-state index in [0.717, 1.165) is 11.3 Å². The zero-order chi connectivity index (χ0) is 19.9. The second-order valence-electron chi connectivity index (χ2n) is 7.04. The van der Waals surface area contributed by atoms with E-state index >= 15 is 0 Å². The molecule has 2 aliphatic heterocycles. The molecular weight excluding hydrogens is 354 g/mol. The van der Waals surface area contributed by atoms with E-state index in [9.17, 15) is 24.5 Å². The van der Waals surface area contributed by atoms with Crippen molar-refractivity contribution in [2.24, 2.45) is 0 Å². The molecule has 0 bridgehead atoms. The van der Waals surface area contributed by atoms with Crippen LogP contribution < -0.4 is 15.6 Å². The number of carbonyl (C=O) groups excluding carboxylic acids is 3. The van der Waals surface area contributed by atoms with Gasteiger partial charge >= 0.3 is 6.03 Å². The van der Waals surface area contributed by atoms with E-state index in [-0.39, 0.29) is 18.3 Å². The van der Waals surface area contributed by atoms with Crippen molar-refractivity contribution in [3.05, 3.63) is 33.9 Å². The average molecular weight is 375 g/mol. The average Bonchev–Trinajstić information content (AvgIpc) is 3.03. The Labute approximate surface area is 155 Å². The Kier molecular flexibility index (Phi) is 4.50. The number of anilines is 1. The van der Waals surface area contributed by atoms with Crippen LogP contribution >= 0.6 is 0 Å². The minimum Gasteiger partial charge on any atom is -0.359 e. The number of fused-ring (bicyclic) bond motifs is 1. The SMILES string of the molecule is CCC1(C)NC(=O)N(NC(=O)CN2c3ccc([N+](=O)[O-])cc3CC2C)C1=O. The van der Waals surface area contributed by atoms with E-state index in [4.69, 9.17) is 0 Å². The lowest BCUT2D eigenvalue weighted by molar-refractivity contribution is -0.384. The minimum absolute atomic E-state index is 0.00503. The number of hydrazine groups is 1. The number of nitro benzene ring substituents is 1. The number of hydrogen-bond acceptors (Lipinski definition) is 6. The van der Waals surface area contributed by atoms with Crippen LogP contribution in [-0.2, 0) is 16.0 Å². The second kappa shape index (κ2) is 6.53. The molecule has 2 atom stereocenters. The maximum Gasteiger partial charge on any atom is 0.344 e. The molecule has 0 radical (unpaired) electrons. The number of urea groups is 1. The molecule has 27 heavy (non-hydrogen) atoms. The molecule has 10 nitrogen and oxygen atoms in total. The molecule has 3 rings (SSSR count). The van der Waals surface area contributed by atoms with Gasteiger partial charge in [-0.25, -0.2) is 4.79 Å². The highest BCUT2D eigenvalue weighted by atomic mass is 16.6. The fraction of sp³-hybridized carbons (Fsp3) is 0.471. The summed E-state index contributed by atoms with van der Waals surface area (Å²) in [6.45, 7) is 5.20. The van der Waals surface area contributed by atoms with Crippen molar-refractivity contribution < 1.29 is 19.3 Å². The largest absolute Gasteiger partial charge is 0.359 e. The zero-order valence-electron chi connectivity index (χ0n) is 15.3.